The maximum absolute atomic E-state index is 12.1. The van der Waals surface area contributed by atoms with Gasteiger partial charge in [-0.25, -0.2) is 4.79 Å². The van der Waals surface area contributed by atoms with Gasteiger partial charge in [-0.3, -0.25) is 4.79 Å². The van der Waals surface area contributed by atoms with Crippen LogP contribution in [0.5, 0.6) is 0 Å². The molecule has 1 amide bonds. The number of hydrogen-bond acceptors (Lipinski definition) is 4. The van der Waals surface area contributed by atoms with Crippen LogP contribution in [0.3, 0.4) is 0 Å². The Morgan fingerprint density at radius 2 is 2.05 bits per heavy atom. The van der Waals surface area contributed by atoms with E-state index in [1.54, 1.807) is 4.90 Å². The zero-order valence-electron chi connectivity index (χ0n) is 11.6. The molecule has 0 aromatic heterocycles. The Kier molecular flexibility index (Phi) is 3.71. The molecular weight excluding hydrogens is 250 g/mol. The highest BCUT2D eigenvalue weighted by molar-refractivity contribution is 5.74. The van der Waals surface area contributed by atoms with Crippen LogP contribution in [0.4, 0.5) is 4.79 Å². The summed E-state index contributed by atoms with van der Waals surface area (Å²) in [6.07, 6.45) is 0.236. The Hall–Kier alpha value is -1.30. The number of nitrogens with zero attached hydrogens (tertiary/aromatic N) is 1. The van der Waals surface area contributed by atoms with Gasteiger partial charge in [-0.2, -0.15) is 0 Å². The Morgan fingerprint density at radius 3 is 2.58 bits per heavy atom. The fourth-order valence-electron chi connectivity index (χ4n) is 2.45. The zero-order chi connectivity index (χ0) is 14.2. The van der Waals surface area contributed by atoms with E-state index in [4.69, 9.17) is 14.6 Å². The zero-order valence-corrected chi connectivity index (χ0v) is 11.6. The van der Waals surface area contributed by atoms with Gasteiger partial charge >= 0.3 is 12.1 Å². The highest BCUT2D eigenvalue weighted by Crippen LogP contribution is 2.44. The molecule has 108 valence electrons. The third kappa shape index (κ3) is 3.37. The molecule has 1 saturated carbocycles. The number of morpholine rings is 1. The van der Waals surface area contributed by atoms with Crippen molar-refractivity contribution in [2.75, 3.05) is 19.8 Å². The first-order valence-corrected chi connectivity index (χ1v) is 6.60. The Bertz CT molecular complexity index is 376. The maximum Gasteiger partial charge on any atom is 0.410 e. The van der Waals surface area contributed by atoms with E-state index in [-0.39, 0.29) is 24.0 Å². The molecule has 0 aromatic carbocycles. The first-order chi connectivity index (χ1) is 8.79. The number of hydrogen-bond donors (Lipinski definition) is 1. The summed E-state index contributed by atoms with van der Waals surface area (Å²) in [5.74, 6) is -1.15. The van der Waals surface area contributed by atoms with Crippen molar-refractivity contribution in [2.24, 2.45) is 11.8 Å². The van der Waals surface area contributed by atoms with Gasteiger partial charge < -0.3 is 19.5 Å². The fourth-order valence-corrected chi connectivity index (χ4v) is 2.45. The Labute approximate surface area is 112 Å². The molecule has 0 radical (unpaired) electrons. The molecule has 1 heterocycles. The van der Waals surface area contributed by atoms with Crippen molar-refractivity contribution in [3.63, 3.8) is 0 Å². The molecule has 0 aromatic rings. The summed E-state index contributed by atoms with van der Waals surface area (Å²) in [5.41, 5.74) is -0.546. The van der Waals surface area contributed by atoms with E-state index < -0.39 is 11.6 Å². The van der Waals surface area contributed by atoms with Gasteiger partial charge in [0.1, 0.15) is 5.60 Å². The standard InChI is InChI=1S/C13H21NO5/c1-13(2,3)19-12(17)14-4-5-18-7-10(14)8-6-9(8)11(15)16/h8-10H,4-7H2,1-3H3,(H,15,16)/t8-,9-,10?/m1/s1. The number of carboxylic acid groups (broad SMARTS) is 1. The summed E-state index contributed by atoms with van der Waals surface area (Å²) in [7, 11) is 0. The lowest BCUT2D eigenvalue weighted by Crippen LogP contribution is -2.51. The molecule has 2 rings (SSSR count). The van der Waals surface area contributed by atoms with Gasteiger partial charge in [0.15, 0.2) is 0 Å². The number of carbonyl (C=O) groups is 2. The monoisotopic (exact) mass is 271 g/mol. The van der Waals surface area contributed by atoms with Crippen molar-refractivity contribution in [1.29, 1.82) is 0 Å². The Balaban J connectivity index is 2.01. The average molecular weight is 271 g/mol. The molecule has 2 aliphatic rings. The molecule has 0 spiro atoms. The minimum atomic E-state index is -0.792. The summed E-state index contributed by atoms with van der Waals surface area (Å²) in [5, 5.41) is 8.99. The fraction of sp³-hybridized carbons (Fsp3) is 0.846. The van der Waals surface area contributed by atoms with E-state index in [9.17, 15) is 9.59 Å². The highest BCUT2D eigenvalue weighted by Gasteiger charge is 2.51. The van der Waals surface area contributed by atoms with E-state index in [1.165, 1.54) is 0 Å². The largest absolute Gasteiger partial charge is 0.481 e. The van der Waals surface area contributed by atoms with Crippen molar-refractivity contribution in [1.82, 2.24) is 4.90 Å². The van der Waals surface area contributed by atoms with Crippen LogP contribution >= 0.6 is 0 Å². The SMILES string of the molecule is CC(C)(C)OC(=O)N1CCOCC1[C@@H]1C[C@H]1C(=O)O. The van der Waals surface area contributed by atoms with Crippen LogP contribution in [0.15, 0.2) is 0 Å². The van der Waals surface area contributed by atoms with Crippen molar-refractivity contribution in [2.45, 2.75) is 38.8 Å². The van der Waals surface area contributed by atoms with Crippen LogP contribution in [0.25, 0.3) is 0 Å². The normalized spacial score (nSPS) is 30.9. The minimum Gasteiger partial charge on any atom is -0.481 e. The number of ether oxygens (including phenoxy) is 2. The van der Waals surface area contributed by atoms with Gasteiger partial charge in [0, 0.05) is 6.54 Å². The summed E-state index contributed by atoms with van der Waals surface area (Å²) in [4.78, 5) is 24.7. The third-order valence-corrected chi connectivity index (χ3v) is 3.44. The second-order valence-electron chi connectivity index (χ2n) is 6.16. The number of aliphatic carboxylic acids is 1. The van der Waals surface area contributed by atoms with E-state index in [0.717, 1.165) is 0 Å². The number of amides is 1. The molecule has 1 saturated heterocycles. The molecule has 1 unspecified atom stereocenters. The summed E-state index contributed by atoms with van der Waals surface area (Å²) >= 11 is 0. The van der Waals surface area contributed by atoms with E-state index >= 15 is 0 Å². The second-order valence-corrected chi connectivity index (χ2v) is 6.16. The highest BCUT2D eigenvalue weighted by atomic mass is 16.6. The summed E-state index contributed by atoms with van der Waals surface area (Å²) < 4.78 is 10.7. The lowest BCUT2D eigenvalue weighted by atomic mass is 10.1. The first kappa shape index (κ1) is 14.1. The van der Waals surface area contributed by atoms with Crippen molar-refractivity contribution in [3.05, 3.63) is 0 Å². The molecule has 19 heavy (non-hydrogen) atoms. The minimum absolute atomic E-state index is 0.00896. The number of carbonyl (C=O) groups excluding carboxylic acids is 1. The maximum atomic E-state index is 12.1. The molecule has 1 aliphatic carbocycles. The van der Waals surface area contributed by atoms with Crippen LogP contribution in [-0.4, -0.2) is 53.5 Å². The van der Waals surface area contributed by atoms with Gasteiger partial charge in [0.25, 0.3) is 0 Å². The molecule has 6 nitrogen and oxygen atoms in total. The number of carboxylic acids is 1. The first-order valence-electron chi connectivity index (χ1n) is 6.60. The lowest BCUT2D eigenvalue weighted by Gasteiger charge is -2.36. The molecule has 6 heteroatoms. The molecule has 3 atom stereocenters. The summed E-state index contributed by atoms with van der Waals surface area (Å²) in [6.45, 7) is 6.78. The molecule has 2 fully saturated rings. The average Bonchev–Trinajstić information content (AvgIpc) is 3.06. The van der Waals surface area contributed by atoms with Crippen molar-refractivity contribution < 1.29 is 24.2 Å². The molecule has 0 bridgehead atoms. The van der Waals surface area contributed by atoms with Crippen LogP contribution in [0.2, 0.25) is 0 Å². The predicted molar refractivity (Wildman–Crippen MR) is 66.8 cm³/mol. The predicted octanol–water partition coefficient (Wildman–Crippen LogP) is 1.34. The molecule has 1 N–H and O–H groups in total. The molecular formula is C13H21NO5. The van der Waals surface area contributed by atoms with Crippen molar-refractivity contribution >= 4 is 12.1 Å². The quantitative estimate of drug-likeness (QED) is 0.820. The smallest absolute Gasteiger partial charge is 0.410 e. The summed E-state index contributed by atoms with van der Waals surface area (Å²) in [6, 6.07) is -0.176. The van der Waals surface area contributed by atoms with Crippen LogP contribution < -0.4 is 0 Å². The van der Waals surface area contributed by atoms with E-state index in [1.807, 2.05) is 20.8 Å². The molecule has 1 aliphatic heterocycles. The Morgan fingerprint density at radius 1 is 1.37 bits per heavy atom. The van der Waals surface area contributed by atoms with Gasteiger partial charge in [-0.05, 0) is 33.1 Å². The van der Waals surface area contributed by atoms with Gasteiger partial charge in [0.05, 0.1) is 25.2 Å². The van der Waals surface area contributed by atoms with Crippen LogP contribution in [-0.2, 0) is 14.3 Å². The topological polar surface area (TPSA) is 76.1 Å². The third-order valence-electron chi connectivity index (χ3n) is 3.44. The number of rotatable bonds is 2. The van der Waals surface area contributed by atoms with Crippen LogP contribution in [0.1, 0.15) is 27.2 Å². The van der Waals surface area contributed by atoms with Gasteiger partial charge in [-0.1, -0.05) is 0 Å². The van der Waals surface area contributed by atoms with E-state index in [2.05, 4.69) is 0 Å². The van der Waals surface area contributed by atoms with Gasteiger partial charge in [-0.15, -0.1) is 0 Å². The van der Waals surface area contributed by atoms with Gasteiger partial charge in [0.2, 0.25) is 0 Å². The second kappa shape index (κ2) is 5.00. The van der Waals surface area contributed by atoms with Crippen LogP contribution in [0, 0.1) is 11.8 Å². The van der Waals surface area contributed by atoms with Crippen molar-refractivity contribution in [3.8, 4) is 0 Å². The van der Waals surface area contributed by atoms with E-state index in [0.29, 0.717) is 26.2 Å². The lowest BCUT2D eigenvalue weighted by molar-refractivity contribution is -0.139.